The van der Waals surface area contributed by atoms with E-state index in [0.29, 0.717) is 11.5 Å². The molecule has 1 aromatic carbocycles. The Morgan fingerprint density at radius 1 is 1.40 bits per heavy atom. The van der Waals surface area contributed by atoms with Gasteiger partial charge in [-0.1, -0.05) is 23.2 Å². The second kappa shape index (κ2) is 3.79. The largest absolute Gasteiger partial charge is 0.465 e. The summed E-state index contributed by atoms with van der Waals surface area (Å²) in [4.78, 5) is 11.3. The first-order chi connectivity index (χ1) is 7.15. The van der Waals surface area contributed by atoms with Crippen molar-refractivity contribution in [2.24, 2.45) is 0 Å². The van der Waals surface area contributed by atoms with Crippen LogP contribution in [0.15, 0.2) is 6.07 Å². The number of hydrogen-bond acceptors (Lipinski definition) is 4. The molecule has 2 rings (SSSR count). The molecule has 1 aliphatic rings. The minimum atomic E-state index is -0.569. The second-order valence-electron chi connectivity index (χ2n) is 2.78. The molecule has 1 aromatic rings. The highest BCUT2D eigenvalue weighted by atomic mass is 35.5. The average molecular weight is 249 g/mol. The molecule has 4 nitrogen and oxygen atoms in total. The summed E-state index contributed by atoms with van der Waals surface area (Å²) in [5.74, 6) is 0.180. The summed E-state index contributed by atoms with van der Waals surface area (Å²) >= 11 is 11.8. The van der Waals surface area contributed by atoms with Crippen LogP contribution in [0.25, 0.3) is 0 Å². The maximum absolute atomic E-state index is 11.3. The lowest BCUT2D eigenvalue weighted by Crippen LogP contribution is -2.02. The van der Waals surface area contributed by atoms with Crippen molar-refractivity contribution < 1.29 is 19.0 Å². The molecule has 0 saturated heterocycles. The van der Waals surface area contributed by atoms with Gasteiger partial charge in [-0.15, -0.1) is 0 Å². The van der Waals surface area contributed by atoms with Gasteiger partial charge in [0.05, 0.1) is 17.7 Å². The highest BCUT2D eigenvalue weighted by Crippen LogP contribution is 2.44. The van der Waals surface area contributed by atoms with Gasteiger partial charge in [0.15, 0.2) is 11.5 Å². The molecular weight excluding hydrogens is 243 g/mol. The van der Waals surface area contributed by atoms with Gasteiger partial charge in [-0.3, -0.25) is 0 Å². The molecule has 0 aliphatic carbocycles. The van der Waals surface area contributed by atoms with Crippen LogP contribution < -0.4 is 9.47 Å². The fourth-order valence-corrected chi connectivity index (χ4v) is 1.71. The zero-order chi connectivity index (χ0) is 11.0. The molecule has 0 N–H and O–H groups in total. The predicted molar refractivity (Wildman–Crippen MR) is 53.9 cm³/mol. The van der Waals surface area contributed by atoms with E-state index >= 15 is 0 Å². The van der Waals surface area contributed by atoms with E-state index in [4.69, 9.17) is 32.7 Å². The van der Waals surface area contributed by atoms with E-state index in [-0.39, 0.29) is 22.4 Å². The SMILES string of the molecule is COC(=O)c1cc2c(c(Cl)c1Cl)OCO2. The summed E-state index contributed by atoms with van der Waals surface area (Å²) < 4.78 is 14.7. The maximum Gasteiger partial charge on any atom is 0.339 e. The first-order valence-corrected chi connectivity index (χ1v) is 4.76. The number of methoxy groups -OCH3 is 1. The normalized spacial score (nSPS) is 12.7. The highest BCUT2D eigenvalue weighted by molar-refractivity contribution is 6.44. The molecular formula is C9H6Cl2O4. The Bertz CT molecular complexity index is 431. The van der Waals surface area contributed by atoms with Gasteiger partial charge in [0, 0.05) is 6.07 Å². The third-order valence-corrected chi connectivity index (χ3v) is 2.80. The van der Waals surface area contributed by atoms with Crippen molar-refractivity contribution in [1.82, 2.24) is 0 Å². The zero-order valence-electron chi connectivity index (χ0n) is 7.67. The summed E-state index contributed by atoms with van der Waals surface area (Å²) in [5.41, 5.74) is 0.161. The van der Waals surface area contributed by atoms with Crippen molar-refractivity contribution >= 4 is 29.2 Å². The number of ether oxygens (including phenoxy) is 3. The molecule has 15 heavy (non-hydrogen) atoms. The minimum Gasteiger partial charge on any atom is -0.465 e. The van der Waals surface area contributed by atoms with Gasteiger partial charge < -0.3 is 14.2 Å². The van der Waals surface area contributed by atoms with Crippen LogP contribution in [0.4, 0.5) is 0 Å². The fourth-order valence-electron chi connectivity index (χ4n) is 1.24. The van der Waals surface area contributed by atoms with Crippen LogP contribution in [-0.4, -0.2) is 19.9 Å². The molecule has 0 fully saturated rings. The number of benzene rings is 1. The molecule has 0 amide bonds. The van der Waals surface area contributed by atoms with Crippen molar-refractivity contribution in [2.45, 2.75) is 0 Å². The number of rotatable bonds is 1. The van der Waals surface area contributed by atoms with Gasteiger partial charge in [0.1, 0.15) is 5.02 Å². The van der Waals surface area contributed by atoms with E-state index in [2.05, 4.69) is 4.74 Å². The van der Waals surface area contributed by atoms with Gasteiger partial charge in [0.25, 0.3) is 0 Å². The average Bonchev–Trinajstić information content (AvgIpc) is 2.70. The molecule has 0 bridgehead atoms. The van der Waals surface area contributed by atoms with E-state index in [1.54, 1.807) is 0 Å². The van der Waals surface area contributed by atoms with Crippen molar-refractivity contribution in [2.75, 3.05) is 13.9 Å². The lowest BCUT2D eigenvalue weighted by atomic mass is 10.2. The zero-order valence-corrected chi connectivity index (χ0v) is 9.19. The monoisotopic (exact) mass is 248 g/mol. The number of hydrogen-bond donors (Lipinski definition) is 0. The molecule has 0 spiro atoms. The van der Waals surface area contributed by atoms with E-state index in [0.717, 1.165) is 0 Å². The molecule has 1 aliphatic heterocycles. The topological polar surface area (TPSA) is 44.8 Å². The number of carbonyl (C=O) groups is 1. The summed E-state index contributed by atoms with van der Waals surface area (Å²) in [6.07, 6.45) is 0. The van der Waals surface area contributed by atoms with Crippen LogP contribution >= 0.6 is 23.2 Å². The fraction of sp³-hybridized carbons (Fsp3) is 0.222. The summed E-state index contributed by atoms with van der Waals surface area (Å²) in [5, 5.41) is 0.264. The van der Waals surface area contributed by atoms with Gasteiger partial charge in [0.2, 0.25) is 6.79 Å². The number of carbonyl (C=O) groups excluding carboxylic acids is 1. The lowest BCUT2D eigenvalue weighted by molar-refractivity contribution is 0.0600. The Balaban J connectivity index is 2.59. The molecule has 0 saturated carbocycles. The molecule has 0 aromatic heterocycles. The minimum absolute atomic E-state index is 0.0655. The summed E-state index contributed by atoms with van der Waals surface area (Å²) in [6.45, 7) is 0.0655. The van der Waals surface area contributed by atoms with Crippen molar-refractivity contribution in [3.63, 3.8) is 0 Å². The third kappa shape index (κ3) is 1.60. The smallest absolute Gasteiger partial charge is 0.339 e. The molecule has 0 unspecified atom stereocenters. The Morgan fingerprint density at radius 2 is 2.13 bits per heavy atom. The Kier molecular flexibility index (Phi) is 2.63. The van der Waals surface area contributed by atoms with Gasteiger partial charge in [-0.2, -0.15) is 0 Å². The summed E-state index contributed by atoms with van der Waals surface area (Å²) in [7, 11) is 1.26. The lowest BCUT2D eigenvalue weighted by Gasteiger charge is -2.06. The Labute approximate surface area is 95.6 Å². The van der Waals surface area contributed by atoms with Crippen molar-refractivity contribution in [3.05, 3.63) is 21.7 Å². The van der Waals surface area contributed by atoms with E-state index in [9.17, 15) is 4.79 Å². The Morgan fingerprint density at radius 3 is 2.80 bits per heavy atom. The maximum atomic E-state index is 11.3. The predicted octanol–water partition coefficient (Wildman–Crippen LogP) is 2.51. The molecule has 6 heteroatoms. The Hall–Kier alpha value is -1.13. The van der Waals surface area contributed by atoms with Gasteiger partial charge in [-0.25, -0.2) is 4.79 Å². The first-order valence-electron chi connectivity index (χ1n) is 4.01. The highest BCUT2D eigenvalue weighted by Gasteiger charge is 2.25. The van der Waals surface area contributed by atoms with Crippen molar-refractivity contribution in [1.29, 1.82) is 0 Å². The first kappa shape index (κ1) is 10.4. The van der Waals surface area contributed by atoms with Crippen molar-refractivity contribution in [3.8, 4) is 11.5 Å². The van der Waals surface area contributed by atoms with E-state index in [1.165, 1.54) is 13.2 Å². The molecule has 1 heterocycles. The summed E-state index contributed by atoms with van der Waals surface area (Å²) in [6, 6.07) is 1.45. The van der Waals surface area contributed by atoms with Crippen LogP contribution in [0.1, 0.15) is 10.4 Å². The second-order valence-corrected chi connectivity index (χ2v) is 3.53. The number of halogens is 2. The van der Waals surface area contributed by atoms with E-state index in [1.807, 2.05) is 0 Å². The van der Waals surface area contributed by atoms with Crippen LogP contribution in [-0.2, 0) is 4.74 Å². The van der Waals surface area contributed by atoms with Gasteiger partial charge in [-0.05, 0) is 0 Å². The van der Waals surface area contributed by atoms with Crippen LogP contribution in [0.5, 0.6) is 11.5 Å². The molecule has 0 atom stereocenters. The number of esters is 1. The van der Waals surface area contributed by atoms with Crippen LogP contribution in [0, 0.1) is 0 Å². The molecule has 80 valence electrons. The van der Waals surface area contributed by atoms with Gasteiger partial charge >= 0.3 is 5.97 Å². The van der Waals surface area contributed by atoms with Crippen LogP contribution in [0.2, 0.25) is 10.0 Å². The third-order valence-electron chi connectivity index (χ3n) is 1.95. The molecule has 0 radical (unpaired) electrons. The quantitative estimate of drug-likeness (QED) is 0.717. The number of fused-ring (bicyclic) bond motifs is 1. The van der Waals surface area contributed by atoms with E-state index < -0.39 is 5.97 Å². The van der Waals surface area contributed by atoms with Crippen LogP contribution in [0.3, 0.4) is 0 Å². The standard InChI is InChI=1S/C9H6Cl2O4/c1-13-9(12)4-2-5-8(15-3-14-5)7(11)6(4)10/h2H,3H2,1H3.